The number of benzene rings is 3. The zero-order chi connectivity index (χ0) is 67.3. The van der Waals surface area contributed by atoms with Gasteiger partial charge in [-0.25, -0.2) is 44.9 Å². The molecule has 0 bridgehead atoms. The summed E-state index contributed by atoms with van der Waals surface area (Å²) in [4.78, 5) is 65.6. The van der Waals surface area contributed by atoms with Gasteiger partial charge >= 0.3 is 0 Å². The van der Waals surface area contributed by atoms with E-state index in [1.54, 1.807) is 37.2 Å². The Morgan fingerprint density at radius 1 is 0.475 bits per heavy atom. The molecule has 9 aromatic heterocycles. The van der Waals surface area contributed by atoms with Crippen molar-refractivity contribution < 1.29 is 19.3 Å². The van der Waals surface area contributed by atoms with Crippen LogP contribution < -0.4 is 47.9 Å². The number of hydrogen-bond acceptors (Lipinski definition) is 27. The number of aromatic nitrogens is 15. The first-order valence-electron chi connectivity index (χ1n) is 33.0. The number of nitrogens with one attached hydrogen (secondary N) is 3. The Hall–Kier alpha value is -11.3. The minimum Gasteiger partial charge on any atom is -0.394 e. The maximum absolute atomic E-state index is 9.36. The van der Waals surface area contributed by atoms with Gasteiger partial charge in [-0.15, -0.1) is 0 Å². The minimum absolute atomic E-state index is 0.0237. The zero-order valence-corrected chi connectivity index (χ0v) is 54.8. The number of aliphatic hydroxyl groups is 1. The molecule has 0 spiro atoms. The number of aliphatic hydroxyl groups excluding tert-OH is 1. The summed E-state index contributed by atoms with van der Waals surface area (Å²) in [5, 5.41) is 19.6. The number of nitrogens with zero attached hydrogens (tertiary/aromatic N) is 20. The van der Waals surface area contributed by atoms with Crippen LogP contribution in [0.25, 0.3) is 51.1 Å². The van der Waals surface area contributed by atoms with Crippen molar-refractivity contribution in [3.8, 4) is 34.2 Å². The third-order valence-electron chi connectivity index (χ3n) is 18.3. The van der Waals surface area contributed by atoms with Gasteiger partial charge in [0.2, 0.25) is 0 Å². The number of nitrogens with two attached hydrogens (primary N) is 3. The number of morpholine rings is 1. The maximum Gasteiger partial charge on any atom is 0.180 e. The van der Waals surface area contributed by atoms with Crippen LogP contribution in [0.5, 0.6) is 0 Å². The first-order valence-corrected chi connectivity index (χ1v) is 33.0. The molecule has 12 aromatic rings. The van der Waals surface area contributed by atoms with E-state index in [1.165, 1.54) is 23.8 Å². The molecule has 0 amide bonds. The van der Waals surface area contributed by atoms with Gasteiger partial charge in [-0.2, -0.15) is 0 Å². The molecule has 5 fully saturated rings. The van der Waals surface area contributed by atoms with Gasteiger partial charge < -0.3 is 76.0 Å². The lowest BCUT2D eigenvalue weighted by Gasteiger charge is -2.43. The molecule has 506 valence electrons. The number of rotatable bonds is 15. The third-order valence-corrected chi connectivity index (χ3v) is 18.3. The number of anilines is 12. The number of ether oxygens (including phenoxy) is 3. The smallest absolute Gasteiger partial charge is 0.180 e. The summed E-state index contributed by atoms with van der Waals surface area (Å²) in [6.45, 7) is 17.9. The van der Waals surface area contributed by atoms with Crippen LogP contribution in [0.15, 0.2) is 153 Å². The zero-order valence-electron chi connectivity index (χ0n) is 54.8. The second-order valence-corrected chi connectivity index (χ2v) is 24.7. The predicted octanol–water partition coefficient (Wildman–Crippen LogP) is 6.39. The normalized spacial score (nSPS) is 17.0. The summed E-state index contributed by atoms with van der Waals surface area (Å²) in [7, 11) is 0. The molecule has 0 unspecified atom stereocenters. The van der Waals surface area contributed by atoms with Gasteiger partial charge in [0.25, 0.3) is 0 Å². The molecule has 5 aliphatic rings. The van der Waals surface area contributed by atoms with Crippen molar-refractivity contribution in [1.29, 1.82) is 0 Å². The van der Waals surface area contributed by atoms with Crippen LogP contribution in [-0.2, 0) is 14.2 Å². The average molecular weight is 1330 g/mol. The van der Waals surface area contributed by atoms with E-state index in [-0.39, 0.29) is 12.7 Å². The molecule has 0 radical (unpaired) electrons. The van der Waals surface area contributed by atoms with E-state index in [0.29, 0.717) is 106 Å². The topological polar surface area (TPSA) is 346 Å². The number of hydrogen-bond donors (Lipinski definition) is 7. The van der Waals surface area contributed by atoms with Crippen molar-refractivity contribution >= 4 is 86.0 Å². The van der Waals surface area contributed by atoms with E-state index in [0.717, 1.165) is 125 Å². The van der Waals surface area contributed by atoms with Gasteiger partial charge in [-0.3, -0.25) is 29.2 Å². The van der Waals surface area contributed by atoms with Crippen LogP contribution in [0.3, 0.4) is 0 Å². The lowest BCUT2D eigenvalue weighted by molar-refractivity contribution is -0.0660. The van der Waals surface area contributed by atoms with E-state index >= 15 is 0 Å². The van der Waals surface area contributed by atoms with Crippen molar-refractivity contribution in [1.82, 2.24) is 82.8 Å². The summed E-state index contributed by atoms with van der Waals surface area (Å²) in [5.74, 6) is 2.99. The van der Waals surface area contributed by atoms with Crippen LogP contribution >= 0.6 is 0 Å². The summed E-state index contributed by atoms with van der Waals surface area (Å²) in [6, 6.07) is 26.2. The molecule has 5 saturated heterocycles. The highest BCUT2D eigenvalue weighted by molar-refractivity contribution is 5.77. The quantitative estimate of drug-likeness (QED) is 0.0584. The summed E-state index contributed by atoms with van der Waals surface area (Å²) < 4.78 is 22.0. The fourth-order valence-corrected chi connectivity index (χ4v) is 12.6. The van der Waals surface area contributed by atoms with E-state index < -0.39 is 0 Å². The van der Waals surface area contributed by atoms with Crippen molar-refractivity contribution in [3.05, 3.63) is 165 Å². The second-order valence-electron chi connectivity index (χ2n) is 24.7. The lowest BCUT2D eigenvalue weighted by atomic mass is 10.1. The van der Waals surface area contributed by atoms with E-state index in [1.807, 2.05) is 82.3 Å². The van der Waals surface area contributed by atoms with Crippen molar-refractivity contribution in [2.45, 2.75) is 32.0 Å². The van der Waals surface area contributed by atoms with Gasteiger partial charge in [0.1, 0.15) is 51.6 Å². The first-order chi connectivity index (χ1) is 48.5. The molecule has 30 heteroatoms. The molecular formula is C69H76N26O4. The molecule has 14 heterocycles. The van der Waals surface area contributed by atoms with Gasteiger partial charge in [0, 0.05) is 155 Å². The fraction of sp³-hybridized carbons (Fsp3) is 0.304. The Morgan fingerprint density at radius 3 is 1.42 bits per heavy atom. The van der Waals surface area contributed by atoms with Gasteiger partial charge in [0.05, 0.1) is 94.5 Å². The Balaban J connectivity index is 0.000000121. The van der Waals surface area contributed by atoms with Crippen LogP contribution in [-0.4, -0.2) is 211 Å². The molecule has 3 aromatic carbocycles. The maximum atomic E-state index is 9.36. The number of imidazole rings is 3. The molecule has 99 heavy (non-hydrogen) atoms. The Kier molecular flexibility index (Phi) is 18.3. The molecule has 17 rings (SSSR count). The van der Waals surface area contributed by atoms with Crippen LogP contribution in [0.1, 0.15) is 11.4 Å². The van der Waals surface area contributed by atoms with Crippen molar-refractivity contribution in [2.75, 3.05) is 153 Å². The highest BCUT2D eigenvalue weighted by Gasteiger charge is 2.31. The molecule has 0 aliphatic carbocycles. The number of piperazine rings is 2. The fourth-order valence-electron chi connectivity index (χ4n) is 12.6. The van der Waals surface area contributed by atoms with Gasteiger partial charge in [-0.05, 0) is 86.6 Å². The molecule has 0 saturated carbocycles. The molecular weight excluding hydrogens is 1260 g/mol. The Morgan fingerprint density at radius 2 is 0.939 bits per heavy atom. The molecule has 5 aliphatic heterocycles. The lowest BCUT2D eigenvalue weighted by Crippen LogP contribution is -2.56. The summed E-state index contributed by atoms with van der Waals surface area (Å²) >= 11 is 0. The van der Waals surface area contributed by atoms with E-state index in [4.69, 9.17) is 46.4 Å². The van der Waals surface area contributed by atoms with Crippen molar-refractivity contribution in [3.63, 3.8) is 0 Å². The van der Waals surface area contributed by atoms with Crippen LogP contribution in [0.4, 0.5) is 69.0 Å². The largest absolute Gasteiger partial charge is 0.394 e. The SMILES string of the molecule is Cc1c(-c2cncc(N)n2)nc(Nc2ccc(N3CCN(C4COC4)CC3)cc2)c2nccn12.Cc1ncc(-c2cn3ccnc3c(Nc3ccc(N4CCN(C5COC5)CC4)cc3)n2)nc1N.Nc1cncc(-c2cn3ccnc3c(Nc3ccc(N4CCO[C@@H](CO)C4)cc3)n2)n1. The Bertz CT molecular complexity index is 4760. The third kappa shape index (κ3) is 14.2. The number of fused-ring (bicyclic) bond motifs is 3. The number of nitrogen functional groups attached to an aromatic ring is 3. The second kappa shape index (κ2) is 28.4. The highest BCUT2D eigenvalue weighted by Crippen LogP contribution is 2.32. The molecule has 30 nitrogen and oxygen atoms in total. The monoisotopic (exact) mass is 1330 g/mol. The summed E-state index contributed by atoms with van der Waals surface area (Å²) in [6.07, 6.45) is 22.5. The predicted molar refractivity (Wildman–Crippen MR) is 380 cm³/mol. The van der Waals surface area contributed by atoms with E-state index in [9.17, 15) is 5.11 Å². The minimum atomic E-state index is -0.151. The molecule has 1 atom stereocenters. The van der Waals surface area contributed by atoms with Crippen molar-refractivity contribution in [2.24, 2.45) is 0 Å². The first kappa shape index (κ1) is 63.8. The van der Waals surface area contributed by atoms with E-state index in [2.05, 4.69) is 134 Å². The molecule has 10 N–H and O–H groups in total. The highest BCUT2D eigenvalue weighted by atomic mass is 16.5. The average Bonchev–Trinajstić information content (AvgIpc) is 1.73. The van der Waals surface area contributed by atoms with Crippen LogP contribution in [0, 0.1) is 13.8 Å². The summed E-state index contributed by atoms with van der Waals surface area (Å²) in [5.41, 5.74) is 31.5. The number of aryl methyl sites for hydroxylation is 2. The van der Waals surface area contributed by atoms with Crippen LogP contribution in [0.2, 0.25) is 0 Å². The Labute approximate surface area is 569 Å². The van der Waals surface area contributed by atoms with Gasteiger partial charge in [-0.1, -0.05) is 0 Å². The standard InChI is InChI=1S/2C24H27N9O.C21H22N8O2/c1-16-22(20-12-26-13-21(25)29-20)30-23(24-27-6-7-33(16)24)28-17-2-4-18(5-3-17)31-8-10-32(11-9-31)19-14-34-15-19;1-16-22(25)29-20(12-27-16)21-13-33-7-6-26-24(33)23(30-21)28-17-2-4-18(5-3-17)31-8-10-32(11-9-31)19-14-34-15-19;22-19-10-23-9-17(26-19)18-12-29-6-5-24-21(29)20(27-18)25-14-1-3-15(4-2-14)28-7-8-31-16(11-28)13-30/h2*2-7,12-13,19H,8-11,14-15H2,1H3,(H2,25,29)(H,28,30);1-6,9-10,12,16,30H,7-8,11,13H2,(H2,22,26)(H,25,27)/t;;16-/m..1/s1. The van der Waals surface area contributed by atoms with Gasteiger partial charge in [0.15, 0.2) is 34.4 Å².